The molecule has 0 aliphatic rings. The maximum Gasteiger partial charge on any atom is 0.276 e. The molecule has 1 unspecified atom stereocenters. The van der Waals surface area contributed by atoms with Crippen molar-refractivity contribution in [1.29, 1.82) is 0 Å². The number of aromatic nitrogens is 3. The molecule has 28 heavy (non-hydrogen) atoms. The Hall–Kier alpha value is -3.41. The van der Waals surface area contributed by atoms with Gasteiger partial charge in [-0.3, -0.25) is 14.2 Å². The first-order valence-corrected chi connectivity index (χ1v) is 9.44. The quantitative estimate of drug-likeness (QED) is 0.563. The van der Waals surface area contributed by atoms with Crippen molar-refractivity contribution in [3.8, 4) is 0 Å². The van der Waals surface area contributed by atoms with Crippen molar-refractivity contribution in [3.63, 3.8) is 0 Å². The van der Waals surface area contributed by atoms with E-state index in [-0.39, 0.29) is 17.5 Å². The van der Waals surface area contributed by atoms with Gasteiger partial charge in [-0.1, -0.05) is 30.3 Å². The molecule has 0 aliphatic heterocycles. The molecule has 0 radical (unpaired) electrons. The molecule has 6 heteroatoms. The molecule has 1 N–H and O–H groups in total. The van der Waals surface area contributed by atoms with Crippen molar-refractivity contribution in [2.75, 3.05) is 0 Å². The van der Waals surface area contributed by atoms with Gasteiger partial charge < -0.3 is 9.72 Å². The lowest BCUT2D eigenvalue weighted by Crippen LogP contribution is -2.28. The van der Waals surface area contributed by atoms with Gasteiger partial charge in [0.1, 0.15) is 5.52 Å². The molecule has 0 bridgehead atoms. The van der Waals surface area contributed by atoms with Crippen LogP contribution in [0.15, 0.2) is 71.8 Å². The minimum absolute atomic E-state index is 0.0227. The predicted molar refractivity (Wildman–Crippen MR) is 109 cm³/mol. The van der Waals surface area contributed by atoms with Gasteiger partial charge in [-0.2, -0.15) is 0 Å². The topological polar surface area (TPSA) is 68.4 Å². The average Bonchev–Trinajstić information content (AvgIpc) is 3.21. The van der Waals surface area contributed by atoms with Crippen molar-refractivity contribution < 1.29 is 4.79 Å². The summed E-state index contributed by atoms with van der Waals surface area (Å²) in [6.07, 6.45) is 4.46. The van der Waals surface area contributed by atoms with Crippen LogP contribution in [0.1, 0.15) is 31.4 Å². The predicted octanol–water partition coefficient (Wildman–Crippen LogP) is 3.31. The second-order valence-corrected chi connectivity index (χ2v) is 6.87. The maximum absolute atomic E-state index is 12.8. The lowest BCUT2D eigenvalue weighted by atomic mass is 10.1. The average molecular weight is 374 g/mol. The van der Waals surface area contributed by atoms with Gasteiger partial charge in [0, 0.05) is 25.4 Å². The van der Waals surface area contributed by atoms with E-state index in [0.717, 1.165) is 11.1 Å². The molecule has 4 aromatic rings. The Bertz CT molecular complexity index is 1180. The van der Waals surface area contributed by atoms with E-state index in [4.69, 9.17) is 0 Å². The lowest BCUT2D eigenvalue weighted by Gasteiger charge is -2.15. The number of carbonyl (C=O) groups is 1. The Balaban J connectivity index is 1.48. The second kappa shape index (κ2) is 7.68. The van der Waals surface area contributed by atoms with Crippen LogP contribution < -0.4 is 10.9 Å². The molecule has 3 aromatic heterocycles. The normalized spacial score (nSPS) is 12.3. The Labute approximate surface area is 162 Å². The molecule has 3 heterocycles. The summed E-state index contributed by atoms with van der Waals surface area (Å²) >= 11 is 0. The summed E-state index contributed by atoms with van der Waals surface area (Å²) in [5.41, 5.74) is 3.11. The van der Waals surface area contributed by atoms with Gasteiger partial charge in [0.15, 0.2) is 5.65 Å². The van der Waals surface area contributed by atoms with Gasteiger partial charge in [-0.25, -0.2) is 4.98 Å². The first-order chi connectivity index (χ1) is 13.6. The molecular weight excluding hydrogens is 352 g/mol. The van der Waals surface area contributed by atoms with Gasteiger partial charge >= 0.3 is 0 Å². The highest BCUT2D eigenvalue weighted by Crippen LogP contribution is 2.14. The number of amides is 1. The van der Waals surface area contributed by atoms with E-state index in [9.17, 15) is 9.59 Å². The van der Waals surface area contributed by atoms with Crippen LogP contribution >= 0.6 is 0 Å². The molecule has 4 rings (SSSR count). The smallest absolute Gasteiger partial charge is 0.276 e. The van der Waals surface area contributed by atoms with Crippen molar-refractivity contribution >= 4 is 22.6 Å². The Morgan fingerprint density at radius 3 is 2.68 bits per heavy atom. The zero-order valence-electron chi connectivity index (χ0n) is 15.7. The van der Waals surface area contributed by atoms with Crippen LogP contribution in [-0.2, 0) is 11.3 Å². The van der Waals surface area contributed by atoms with E-state index < -0.39 is 0 Å². The number of fused-ring (bicyclic) bond motifs is 3. The van der Waals surface area contributed by atoms with Crippen molar-refractivity contribution in [2.24, 2.45) is 0 Å². The Kier molecular flexibility index (Phi) is 4.93. The standard InChI is InChI=1S/C22H22N4O2/c1-16(17-8-3-2-4-9-17)24-20(27)12-7-15-26-21-18(10-5-13-23-21)25-14-6-11-19(25)22(26)28/h2-6,8-11,13-14,16H,7,12,15H2,1H3,(H,24,27). The second-order valence-electron chi connectivity index (χ2n) is 6.87. The maximum atomic E-state index is 12.8. The van der Waals surface area contributed by atoms with Gasteiger partial charge in [0.25, 0.3) is 5.56 Å². The first kappa shape index (κ1) is 18.0. The van der Waals surface area contributed by atoms with E-state index in [1.165, 1.54) is 0 Å². The summed E-state index contributed by atoms with van der Waals surface area (Å²) in [4.78, 5) is 29.6. The summed E-state index contributed by atoms with van der Waals surface area (Å²) in [5.74, 6) is -0.0227. The molecule has 6 nitrogen and oxygen atoms in total. The van der Waals surface area contributed by atoms with Crippen LogP contribution in [0.3, 0.4) is 0 Å². The van der Waals surface area contributed by atoms with E-state index in [1.807, 2.05) is 66.1 Å². The summed E-state index contributed by atoms with van der Waals surface area (Å²) in [6.45, 7) is 2.41. The van der Waals surface area contributed by atoms with E-state index >= 15 is 0 Å². The van der Waals surface area contributed by atoms with E-state index in [0.29, 0.717) is 30.6 Å². The third-order valence-electron chi connectivity index (χ3n) is 4.96. The number of pyridine rings is 1. The number of nitrogens with one attached hydrogen (secondary N) is 1. The molecule has 0 saturated heterocycles. The molecule has 0 saturated carbocycles. The number of nitrogens with zero attached hydrogens (tertiary/aromatic N) is 3. The number of hydrogen-bond acceptors (Lipinski definition) is 3. The molecule has 0 aliphatic carbocycles. The summed E-state index contributed by atoms with van der Waals surface area (Å²) in [6, 6.07) is 17.3. The van der Waals surface area contributed by atoms with Crippen LogP contribution in [0.4, 0.5) is 0 Å². The van der Waals surface area contributed by atoms with Crippen LogP contribution in [0.2, 0.25) is 0 Å². The lowest BCUT2D eigenvalue weighted by molar-refractivity contribution is -0.121. The Morgan fingerprint density at radius 1 is 1.07 bits per heavy atom. The third kappa shape index (κ3) is 3.41. The van der Waals surface area contributed by atoms with Gasteiger partial charge in [0.2, 0.25) is 5.91 Å². The molecular formula is C22H22N4O2. The number of benzene rings is 1. The van der Waals surface area contributed by atoms with Crippen LogP contribution in [0.25, 0.3) is 16.7 Å². The highest BCUT2D eigenvalue weighted by molar-refractivity contribution is 5.77. The highest BCUT2D eigenvalue weighted by Gasteiger charge is 2.13. The molecule has 1 amide bonds. The van der Waals surface area contributed by atoms with Gasteiger partial charge in [0.05, 0.1) is 11.6 Å². The van der Waals surface area contributed by atoms with Gasteiger partial charge in [-0.15, -0.1) is 0 Å². The minimum atomic E-state index is -0.0886. The molecule has 0 spiro atoms. The number of hydrogen-bond donors (Lipinski definition) is 1. The fourth-order valence-corrected chi connectivity index (χ4v) is 3.53. The number of aryl methyl sites for hydroxylation is 1. The molecule has 0 fully saturated rings. The minimum Gasteiger partial charge on any atom is -0.350 e. The molecule has 1 aromatic carbocycles. The SMILES string of the molecule is CC(NC(=O)CCCn1c(=O)c2cccn2c2cccnc21)c1ccccc1. The largest absolute Gasteiger partial charge is 0.350 e. The summed E-state index contributed by atoms with van der Waals surface area (Å²) in [7, 11) is 0. The van der Waals surface area contributed by atoms with E-state index in [2.05, 4.69) is 10.3 Å². The zero-order chi connectivity index (χ0) is 19.5. The molecule has 142 valence electrons. The first-order valence-electron chi connectivity index (χ1n) is 9.44. The van der Waals surface area contributed by atoms with Crippen molar-refractivity contribution in [1.82, 2.24) is 19.3 Å². The summed E-state index contributed by atoms with van der Waals surface area (Å²) in [5, 5.41) is 3.01. The summed E-state index contributed by atoms with van der Waals surface area (Å²) < 4.78 is 3.52. The fraction of sp³-hybridized carbons (Fsp3) is 0.227. The van der Waals surface area contributed by atoms with Crippen LogP contribution in [0, 0.1) is 0 Å². The zero-order valence-corrected chi connectivity index (χ0v) is 15.7. The Morgan fingerprint density at radius 2 is 1.86 bits per heavy atom. The van der Waals surface area contributed by atoms with Crippen LogP contribution in [0.5, 0.6) is 0 Å². The van der Waals surface area contributed by atoms with E-state index in [1.54, 1.807) is 16.8 Å². The van der Waals surface area contributed by atoms with Crippen LogP contribution in [-0.4, -0.2) is 19.9 Å². The van der Waals surface area contributed by atoms with Crippen molar-refractivity contribution in [2.45, 2.75) is 32.4 Å². The van der Waals surface area contributed by atoms with Crippen molar-refractivity contribution in [3.05, 3.63) is 82.9 Å². The fourth-order valence-electron chi connectivity index (χ4n) is 3.53. The molecule has 1 atom stereocenters. The number of rotatable bonds is 6. The monoisotopic (exact) mass is 374 g/mol. The third-order valence-corrected chi connectivity index (χ3v) is 4.96. The highest BCUT2D eigenvalue weighted by atomic mass is 16.1. The van der Waals surface area contributed by atoms with Gasteiger partial charge in [-0.05, 0) is 43.2 Å². The number of carbonyl (C=O) groups excluding carboxylic acids is 1.